The molecule has 0 heterocycles. The van der Waals surface area contributed by atoms with Crippen LogP contribution in [0.5, 0.6) is 0 Å². The van der Waals surface area contributed by atoms with Gasteiger partial charge in [0.2, 0.25) is 0 Å². The summed E-state index contributed by atoms with van der Waals surface area (Å²) >= 11 is 3.63. The molecule has 1 atom stereocenters. The van der Waals surface area contributed by atoms with Crippen LogP contribution in [0.1, 0.15) is 41.0 Å². The molecule has 0 aromatic heterocycles. The van der Waals surface area contributed by atoms with Crippen molar-refractivity contribution in [3.05, 3.63) is 0 Å². The Morgan fingerprint density at radius 3 is 2.07 bits per heavy atom. The smallest absolute Gasteiger partial charge is 0.00768 e. The van der Waals surface area contributed by atoms with Gasteiger partial charge in [0.25, 0.3) is 0 Å². The largest absolute Gasteiger partial charge is 0.306 e. The molecule has 0 rings (SSSR count). The number of nitrogens with zero attached hydrogens (tertiary/aromatic N) is 1. The van der Waals surface area contributed by atoms with Crippen LogP contribution >= 0.6 is 15.9 Å². The minimum atomic E-state index is 0.398. The lowest BCUT2D eigenvalue weighted by atomic mass is 9.82. The minimum absolute atomic E-state index is 0.398. The molecule has 0 aromatic rings. The average molecular weight is 278 g/mol. The van der Waals surface area contributed by atoms with Crippen LogP contribution in [0.25, 0.3) is 0 Å². The second-order valence-electron chi connectivity index (χ2n) is 6.16. The van der Waals surface area contributed by atoms with Gasteiger partial charge in [0.05, 0.1) is 0 Å². The highest BCUT2D eigenvalue weighted by Crippen LogP contribution is 2.28. The zero-order valence-electron chi connectivity index (χ0n) is 11.3. The van der Waals surface area contributed by atoms with Crippen molar-refractivity contribution in [1.82, 2.24) is 4.90 Å². The third-order valence-electron chi connectivity index (χ3n) is 3.03. The molecule has 0 aliphatic carbocycles. The van der Waals surface area contributed by atoms with Crippen molar-refractivity contribution < 1.29 is 0 Å². The van der Waals surface area contributed by atoms with Crippen LogP contribution in [0.3, 0.4) is 0 Å². The highest BCUT2D eigenvalue weighted by atomic mass is 79.9. The molecule has 15 heavy (non-hydrogen) atoms. The number of rotatable bonds is 6. The van der Waals surface area contributed by atoms with Crippen molar-refractivity contribution in [2.45, 2.75) is 41.0 Å². The maximum Gasteiger partial charge on any atom is 0.00768 e. The summed E-state index contributed by atoms with van der Waals surface area (Å²) in [4.78, 5) is 2.47. The molecule has 1 unspecified atom stereocenters. The summed E-state index contributed by atoms with van der Waals surface area (Å²) in [6.45, 7) is 14.0. The number of alkyl halides is 1. The van der Waals surface area contributed by atoms with E-state index in [0.717, 1.165) is 17.2 Å². The lowest BCUT2D eigenvalue weighted by Gasteiger charge is -2.33. The van der Waals surface area contributed by atoms with Crippen molar-refractivity contribution in [3.8, 4) is 0 Å². The van der Waals surface area contributed by atoms with E-state index in [2.05, 4.69) is 62.5 Å². The van der Waals surface area contributed by atoms with E-state index in [4.69, 9.17) is 0 Å². The monoisotopic (exact) mass is 277 g/mol. The molecular weight excluding hydrogens is 250 g/mol. The molecule has 2 heteroatoms. The van der Waals surface area contributed by atoms with Crippen LogP contribution in [0.2, 0.25) is 0 Å². The molecule has 0 amide bonds. The molecule has 0 aliphatic heterocycles. The first-order valence-electron chi connectivity index (χ1n) is 6.02. The summed E-state index contributed by atoms with van der Waals surface area (Å²) in [5, 5.41) is 1.10. The van der Waals surface area contributed by atoms with Gasteiger partial charge in [-0.2, -0.15) is 0 Å². The van der Waals surface area contributed by atoms with E-state index in [1.54, 1.807) is 0 Å². The highest BCUT2D eigenvalue weighted by molar-refractivity contribution is 9.09. The van der Waals surface area contributed by atoms with Crippen LogP contribution in [0.15, 0.2) is 0 Å². The second-order valence-corrected chi connectivity index (χ2v) is 6.81. The van der Waals surface area contributed by atoms with Crippen molar-refractivity contribution in [2.24, 2.45) is 17.3 Å². The van der Waals surface area contributed by atoms with E-state index in [9.17, 15) is 0 Å². The van der Waals surface area contributed by atoms with Gasteiger partial charge in [-0.15, -0.1) is 0 Å². The summed E-state index contributed by atoms with van der Waals surface area (Å²) < 4.78 is 0. The van der Waals surface area contributed by atoms with E-state index in [-0.39, 0.29) is 0 Å². The number of hydrogen-bond acceptors (Lipinski definition) is 1. The molecule has 0 spiro atoms. The molecule has 0 bridgehead atoms. The van der Waals surface area contributed by atoms with Gasteiger partial charge in [-0.25, -0.2) is 0 Å². The molecule has 0 saturated carbocycles. The Hall–Kier alpha value is 0.440. The lowest BCUT2D eigenvalue weighted by Crippen LogP contribution is -2.35. The fourth-order valence-electron chi connectivity index (χ4n) is 1.50. The van der Waals surface area contributed by atoms with Crippen molar-refractivity contribution in [2.75, 3.05) is 25.5 Å². The van der Waals surface area contributed by atoms with Crippen LogP contribution in [-0.2, 0) is 0 Å². The fraction of sp³-hybridized carbons (Fsp3) is 1.00. The average Bonchev–Trinajstić information content (AvgIpc) is 2.08. The molecule has 0 radical (unpaired) electrons. The van der Waals surface area contributed by atoms with E-state index in [1.165, 1.54) is 19.5 Å². The Labute approximate surface area is 105 Å². The minimum Gasteiger partial charge on any atom is -0.306 e. The Morgan fingerprint density at radius 2 is 1.73 bits per heavy atom. The van der Waals surface area contributed by atoms with Crippen molar-refractivity contribution >= 4 is 15.9 Å². The van der Waals surface area contributed by atoms with E-state index < -0.39 is 0 Å². The van der Waals surface area contributed by atoms with Gasteiger partial charge in [-0.3, -0.25) is 0 Å². The quantitative estimate of drug-likeness (QED) is 0.663. The molecule has 0 aliphatic rings. The number of halogens is 1. The summed E-state index contributed by atoms with van der Waals surface area (Å²) in [5.74, 6) is 1.54. The summed E-state index contributed by atoms with van der Waals surface area (Å²) in [7, 11) is 2.24. The Balaban J connectivity index is 3.97. The van der Waals surface area contributed by atoms with Gasteiger partial charge in [-0.05, 0) is 37.3 Å². The fourth-order valence-corrected chi connectivity index (χ4v) is 2.68. The molecule has 0 saturated heterocycles. The standard InChI is InChI=1S/C13H28BrN/c1-11(2)7-8-15(6)10-12(9-14)13(3,4)5/h11-12H,7-10H2,1-6H3. The first-order valence-corrected chi connectivity index (χ1v) is 7.14. The van der Waals surface area contributed by atoms with Gasteiger partial charge in [0, 0.05) is 11.9 Å². The predicted octanol–water partition coefficient (Wildman–Crippen LogP) is 4.02. The van der Waals surface area contributed by atoms with Crippen molar-refractivity contribution in [3.63, 3.8) is 0 Å². The van der Waals surface area contributed by atoms with Crippen molar-refractivity contribution in [1.29, 1.82) is 0 Å². The lowest BCUT2D eigenvalue weighted by molar-refractivity contribution is 0.183. The maximum atomic E-state index is 3.63. The molecular formula is C13H28BrN. The normalized spacial score (nSPS) is 15.0. The molecule has 0 N–H and O–H groups in total. The van der Waals surface area contributed by atoms with E-state index in [1.807, 2.05) is 0 Å². The SMILES string of the molecule is CC(C)CCN(C)CC(CBr)C(C)(C)C. The van der Waals surface area contributed by atoms with Gasteiger partial charge in [0.15, 0.2) is 0 Å². The summed E-state index contributed by atoms with van der Waals surface area (Å²) in [6, 6.07) is 0. The Morgan fingerprint density at radius 1 is 1.20 bits per heavy atom. The maximum absolute atomic E-state index is 3.63. The zero-order valence-corrected chi connectivity index (χ0v) is 12.9. The van der Waals surface area contributed by atoms with Crippen LogP contribution in [0.4, 0.5) is 0 Å². The third-order valence-corrected chi connectivity index (χ3v) is 3.81. The third kappa shape index (κ3) is 7.35. The molecule has 0 fully saturated rings. The van der Waals surface area contributed by atoms with Crippen LogP contribution < -0.4 is 0 Å². The van der Waals surface area contributed by atoms with Gasteiger partial charge in [-0.1, -0.05) is 50.5 Å². The van der Waals surface area contributed by atoms with Crippen LogP contribution in [0, 0.1) is 17.3 Å². The Kier molecular flexibility index (Phi) is 7.10. The predicted molar refractivity (Wildman–Crippen MR) is 73.7 cm³/mol. The zero-order chi connectivity index (χ0) is 12.1. The molecule has 92 valence electrons. The van der Waals surface area contributed by atoms with E-state index in [0.29, 0.717) is 5.41 Å². The highest BCUT2D eigenvalue weighted by Gasteiger charge is 2.24. The summed E-state index contributed by atoms with van der Waals surface area (Å²) in [6.07, 6.45) is 1.30. The van der Waals surface area contributed by atoms with Gasteiger partial charge in [0.1, 0.15) is 0 Å². The number of hydrogen-bond donors (Lipinski definition) is 0. The van der Waals surface area contributed by atoms with E-state index >= 15 is 0 Å². The first kappa shape index (κ1) is 15.4. The van der Waals surface area contributed by atoms with Crippen LogP contribution in [-0.4, -0.2) is 30.4 Å². The van der Waals surface area contributed by atoms with Gasteiger partial charge >= 0.3 is 0 Å². The summed E-state index contributed by atoms with van der Waals surface area (Å²) in [5.41, 5.74) is 0.398. The second kappa shape index (κ2) is 6.90. The topological polar surface area (TPSA) is 3.24 Å². The van der Waals surface area contributed by atoms with Gasteiger partial charge < -0.3 is 4.90 Å². The molecule has 1 nitrogen and oxygen atoms in total. The Bertz CT molecular complexity index is 160. The first-order chi connectivity index (χ1) is 6.77. The molecule has 0 aromatic carbocycles.